The van der Waals surface area contributed by atoms with Gasteiger partial charge in [0.1, 0.15) is 5.01 Å². The van der Waals surface area contributed by atoms with Crippen molar-refractivity contribution in [1.82, 2.24) is 4.98 Å². The van der Waals surface area contributed by atoms with Crippen LogP contribution in [0.25, 0.3) is 11.3 Å². The molecule has 0 saturated heterocycles. The van der Waals surface area contributed by atoms with Crippen LogP contribution in [0.5, 0.6) is 0 Å². The van der Waals surface area contributed by atoms with E-state index < -0.39 is 5.97 Å². The monoisotopic (exact) mass is 355 g/mol. The van der Waals surface area contributed by atoms with Gasteiger partial charge in [-0.05, 0) is 43.2 Å². The number of nitrogens with zero attached hydrogens (tertiary/aromatic N) is 1. The first-order valence-electron chi connectivity index (χ1n) is 7.52. The number of aryl methyl sites for hydroxylation is 2. The number of hydrogen-bond donors (Lipinski definition) is 1. The van der Waals surface area contributed by atoms with Crippen LogP contribution in [0.4, 0.5) is 0 Å². The summed E-state index contributed by atoms with van der Waals surface area (Å²) in [6.45, 7) is 4.20. The third-order valence-corrected chi connectivity index (χ3v) is 5.94. The summed E-state index contributed by atoms with van der Waals surface area (Å²) in [5, 5.41) is 12.3. The molecule has 0 amide bonds. The first-order valence-corrected chi connectivity index (χ1v) is 9.38. The first-order chi connectivity index (χ1) is 11.5. The number of aromatic carboxylic acids is 1. The summed E-state index contributed by atoms with van der Waals surface area (Å²) in [5.74, 6) is -0.229. The molecule has 0 atom stereocenters. The number of benzene rings is 2. The molecule has 0 radical (unpaired) electrons. The molecule has 0 fully saturated rings. The zero-order chi connectivity index (χ0) is 17.1. The van der Waals surface area contributed by atoms with Crippen LogP contribution < -0.4 is 0 Å². The average Bonchev–Trinajstić information content (AvgIpc) is 3.04. The molecule has 0 bridgehead atoms. The quantitative estimate of drug-likeness (QED) is 0.621. The average molecular weight is 355 g/mol. The lowest BCUT2D eigenvalue weighted by atomic mass is 10.1. The molecule has 0 aliphatic heterocycles. The fourth-order valence-electron chi connectivity index (χ4n) is 2.32. The lowest BCUT2D eigenvalue weighted by Crippen LogP contribution is -1.98. The second-order valence-corrected chi connectivity index (χ2v) is 7.48. The molecular weight excluding hydrogens is 338 g/mol. The standard InChI is InChI=1S/C19H17NO2S2/c1-12-7-8-14(9-13(12)2)16-10-24-18(20-16)11-23-17-6-4-3-5-15(17)19(21)22/h3-10H,11H2,1-2H3,(H,21,22). The third-order valence-electron chi connectivity index (χ3n) is 3.82. The highest BCUT2D eigenvalue weighted by molar-refractivity contribution is 7.98. The van der Waals surface area contributed by atoms with E-state index in [1.54, 1.807) is 23.5 Å². The number of carbonyl (C=O) groups is 1. The van der Waals surface area contributed by atoms with E-state index in [9.17, 15) is 9.90 Å². The summed E-state index contributed by atoms with van der Waals surface area (Å²) in [4.78, 5) is 16.7. The Morgan fingerprint density at radius 1 is 1.17 bits per heavy atom. The maximum Gasteiger partial charge on any atom is 0.336 e. The minimum atomic E-state index is -0.895. The summed E-state index contributed by atoms with van der Waals surface area (Å²) in [6.07, 6.45) is 0. The van der Waals surface area contributed by atoms with E-state index in [1.165, 1.54) is 22.9 Å². The summed E-state index contributed by atoms with van der Waals surface area (Å²) in [5.41, 5.74) is 4.97. The molecule has 0 aliphatic rings. The molecule has 3 nitrogen and oxygen atoms in total. The fraction of sp³-hybridized carbons (Fsp3) is 0.158. The largest absolute Gasteiger partial charge is 0.478 e. The number of thioether (sulfide) groups is 1. The predicted octanol–water partition coefficient (Wildman–Crippen LogP) is 5.42. The van der Waals surface area contributed by atoms with E-state index in [1.807, 2.05) is 12.1 Å². The van der Waals surface area contributed by atoms with Gasteiger partial charge in [-0.2, -0.15) is 0 Å². The van der Waals surface area contributed by atoms with Gasteiger partial charge < -0.3 is 5.11 Å². The van der Waals surface area contributed by atoms with Crippen molar-refractivity contribution >= 4 is 29.1 Å². The first kappa shape index (κ1) is 16.7. The Balaban J connectivity index is 1.75. The number of rotatable bonds is 5. The van der Waals surface area contributed by atoms with Crippen molar-refractivity contribution in [2.75, 3.05) is 0 Å². The Bertz CT molecular complexity index is 887. The van der Waals surface area contributed by atoms with E-state index >= 15 is 0 Å². The minimum absolute atomic E-state index is 0.341. The Kier molecular flexibility index (Phi) is 5.02. The van der Waals surface area contributed by atoms with E-state index in [-0.39, 0.29) is 0 Å². The fourth-order valence-corrected chi connectivity index (χ4v) is 4.18. The van der Waals surface area contributed by atoms with Gasteiger partial charge in [-0.25, -0.2) is 9.78 Å². The van der Waals surface area contributed by atoms with Gasteiger partial charge in [-0.3, -0.25) is 0 Å². The molecular formula is C19H17NO2S2. The number of hydrogen-bond acceptors (Lipinski definition) is 4. The highest BCUT2D eigenvalue weighted by Gasteiger charge is 2.11. The van der Waals surface area contributed by atoms with Crippen molar-refractivity contribution in [2.24, 2.45) is 0 Å². The molecule has 5 heteroatoms. The van der Waals surface area contributed by atoms with Crippen LogP contribution in [-0.2, 0) is 5.75 Å². The summed E-state index contributed by atoms with van der Waals surface area (Å²) in [6, 6.07) is 13.4. The molecule has 0 spiro atoms. The zero-order valence-electron chi connectivity index (χ0n) is 13.4. The molecule has 1 heterocycles. The number of carboxylic acid groups (broad SMARTS) is 1. The van der Waals surface area contributed by atoms with Crippen molar-refractivity contribution in [3.8, 4) is 11.3 Å². The Labute approximate surface area is 149 Å². The van der Waals surface area contributed by atoms with Crippen molar-refractivity contribution in [3.05, 3.63) is 69.5 Å². The van der Waals surface area contributed by atoms with Crippen LogP contribution in [0.3, 0.4) is 0 Å². The lowest BCUT2D eigenvalue weighted by Gasteiger charge is -2.04. The van der Waals surface area contributed by atoms with Gasteiger partial charge in [0.2, 0.25) is 0 Å². The molecule has 24 heavy (non-hydrogen) atoms. The van der Waals surface area contributed by atoms with E-state index in [0.29, 0.717) is 11.3 Å². The maximum absolute atomic E-state index is 11.3. The molecule has 2 aromatic carbocycles. The topological polar surface area (TPSA) is 50.2 Å². The van der Waals surface area contributed by atoms with Crippen LogP contribution >= 0.6 is 23.1 Å². The summed E-state index contributed by atoms with van der Waals surface area (Å²) >= 11 is 3.12. The van der Waals surface area contributed by atoms with Crippen LogP contribution in [-0.4, -0.2) is 16.1 Å². The maximum atomic E-state index is 11.3. The minimum Gasteiger partial charge on any atom is -0.478 e. The van der Waals surface area contributed by atoms with Gasteiger partial charge in [0.25, 0.3) is 0 Å². The normalized spacial score (nSPS) is 10.8. The highest BCUT2D eigenvalue weighted by atomic mass is 32.2. The molecule has 0 saturated carbocycles. The molecule has 1 N–H and O–H groups in total. The number of carboxylic acids is 1. The smallest absolute Gasteiger partial charge is 0.336 e. The predicted molar refractivity (Wildman–Crippen MR) is 100.0 cm³/mol. The van der Waals surface area contributed by atoms with E-state index in [2.05, 4.69) is 37.4 Å². The van der Waals surface area contributed by atoms with Crippen molar-refractivity contribution in [1.29, 1.82) is 0 Å². The Hall–Kier alpha value is -2.11. The van der Waals surface area contributed by atoms with Gasteiger partial charge in [-0.1, -0.05) is 24.3 Å². The van der Waals surface area contributed by atoms with E-state index in [4.69, 9.17) is 4.98 Å². The van der Waals surface area contributed by atoms with Gasteiger partial charge in [-0.15, -0.1) is 23.1 Å². The van der Waals surface area contributed by atoms with Crippen LogP contribution in [0.1, 0.15) is 26.5 Å². The lowest BCUT2D eigenvalue weighted by molar-refractivity contribution is 0.0693. The van der Waals surface area contributed by atoms with Gasteiger partial charge in [0.15, 0.2) is 0 Å². The van der Waals surface area contributed by atoms with Crippen molar-refractivity contribution in [2.45, 2.75) is 24.5 Å². The molecule has 0 aliphatic carbocycles. The third kappa shape index (κ3) is 3.68. The molecule has 3 rings (SSSR count). The highest BCUT2D eigenvalue weighted by Crippen LogP contribution is 2.30. The number of thiazole rings is 1. The molecule has 3 aromatic rings. The molecule has 0 unspecified atom stereocenters. The van der Waals surface area contributed by atoms with Crippen LogP contribution in [0.15, 0.2) is 52.7 Å². The zero-order valence-corrected chi connectivity index (χ0v) is 15.1. The second kappa shape index (κ2) is 7.20. The van der Waals surface area contributed by atoms with E-state index in [0.717, 1.165) is 21.2 Å². The summed E-state index contributed by atoms with van der Waals surface area (Å²) in [7, 11) is 0. The molecule has 1 aromatic heterocycles. The van der Waals surface area contributed by atoms with Gasteiger partial charge in [0.05, 0.1) is 17.0 Å². The van der Waals surface area contributed by atoms with Crippen LogP contribution in [0.2, 0.25) is 0 Å². The number of aromatic nitrogens is 1. The SMILES string of the molecule is Cc1ccc(-c2csc(CSc3ccccc3C(=O)O)n2)cc1C. The molecule has 122 valence electrons. The van der Waals surface area contributed by atoms with Crippen molar-refractivity contribution < 1.29 is 9.90 Å². The Morgan fingerprint density at radius 2 is 1.96 bits per heavy atom. The van der Waals surface area contributed by atoms with Crippen molar-refractivity contribution in [3.63, 3.8) is 0 Å². The van der Waals surface area contributed by atoms with Gasteiger partial charge >= 0.3 is 5.97 Å². The Morgan fingerprint density at radius 3 is 2.71 bits per heavy atom. The second-order valence-electron chi connectivity index (χ2n) is 5.52. The van der Waals surface area contributed by atoms with Crippen LogP contribution in [0, 0.1) is 13.8 Å². The van der Waals surface area contributed by atoms with Gasteiger partial charge in [0, 0.05) is 15.8 Å². The summed E-state index contributed by atoms with van der Waals surface area (Å²) < 4.78 is 0.